The van der Waals surface area contributed by atoms with E-state index in [-0.39, 0.29) is 17.7 Å². The van der Waals surface area contributed by atoms with E-state index < -0.39 is 5.41 Å². The van der Waals surface area contributed by atoms with Gasteiger partial charge in [0, 0.05) is 44.7 Å². The first kappa shape index (κ1) is 22.8. The fourth-order valence-corrected chi connectivity index (χ4v) is 5.84. The van der Waals surface area contributed by atoms with E-state index in [9.17, 15) is 9.59 Å². The minimum Gasteiger partial charge on any atom is -0.437 e. The third kappa shape index (κ3) is 4.93. The van der Waals surface area contributed by atoms with Gasteiger partial charge < -0.3 is 14.5 Å². The molecule has 2 aliphatic heterocycles. The Bertz CT molecular complexity index is 1000. The van der Waals surface area contributed by atoms with Crippen LogP contribution in [0.4, 0.5) is 0 Å². The first-order chi connectivity index (χ1) is 16.6. The summed E-state index contributed by atoms with van der Waals surface area (Å²) in [5.74, 6) is 1.65. The Labute approximate surface area is 201 Å². The van der Waals surface area contributed by atoms with E-state index in [4.69, 9.17) is 9.72 Å². The topological polar surface area (TPSA) is 75.6 Å². The Morgan fingerprint density at radius 1 is 0.941 bits per heavy atom. The number of likely N-dealkylation sites (tertiary alicyclic amines) is 2. The second-order valence-electron chi connectivity index (χ2n) is 10.0. The minimum atomic E-state index is -0.522. The summed E-state index contributed by atoms with van der Waals surface area (Å²) < 4.78 is 5.88. The predicted molar refractivity (Wildman–Crippen MR) is 128 cm³/mol. The van der Waals surface area contributed by atoms with Gasteiger partial charge in [-0.05, 0) is 50.7 Å². The fraction of sp³-hybridized carbons (Fsp3) is 0.556. The van der Waals surface area contributed by atoms with Crippen molar-refractivity contribution in [2.75, 3.05) is 26.2 Å². The van der Waals surface area contributed by atoms with Gasteiger partial charge in [0.25, 0.3) is 0 Å². The summed E-state index contributed by atoms with van der Waals surface area (Å²) in [5.41, 5.74) is 0.338. The number of benzene rings is 1. The molecule has 0 spiro atoms. The molecule has 1 aromatic heterocycles. The van der Waals surface area contributed by atoms with Crippen LogP contribution in [-0.2, 0) is 9.59 Å². The third-order valence-corrected chi connectivity index (χ3v) is 7.69. The summed E-state index contributed by atoms with van der Waals surface area (Å²) in [7, 11) is 0. The lowest BCUT2D eigenvalue weighted by atomic mass is 9.79. The molecule has 0 N–H and O–H groups in total. The molecule has 3 fully saturated rings. The number of para-hydroxylation sites is 1. The fourth-order valence-electron chi connectivity index (χ4n) is 5.84. The largest absolute Gasteiger partial charge is 0.437 e. The average molecular weight is 463 g/mol. The van der Waals surface area contributed by atoms with Crippen molar-refractivity contribution in [3.8, 4) is 11.6 Å². The quantitative estimate of drug-likeness (QED) is 0.630. The van der Waals surface area contributed by atoms with Crippen LogP contribution in [-0.4, -0.2) is 57.8 Å². The lowest BCUT2D eigenvalue weighted by molar-refractivity contribution is -0.148. The highest BCUT2D eigenvalue weighted by Crippen LogP contribution is 2.44. The number of amides is 2. The molecule has 3 heterocycles. The molecular formula is C27H34N4O3. The van der Waals surface area contributed by atoms with Gasteiger partial charge in [-0.15, -0.1) is 0 Å². The number of carbonyl (C=O) groups is 2. The molecule has 1 atom stereocenters. The van der Waals surface area contributed by atoms with E-state index in [0.717, 1.165) is 82.4 Å². The van der Waals surface area contributed by atoms with E-state index in [1.165, 1.54) is 0 Å². The Hall–Kier alpha value is -2.96. The highest BCUT2D eigenvalue weighted by atomic mass is 16.5. The van der Waals surface area contributed by atoms with Crippen LogP contribution in [0.1, 0.15) is 69.4 Å². The van der Waals surface area contributed by atoms with Crippen molar-refractivity contribution in [3.05, 3.63) is 48.4 Å². The van der Waals surface area contributed by atoms with Crippen LogP contribution >= 0.6 is 0 Å². The summed E-state index contributed by atoms with van der Waals surface area (Å²) in [6.45, 7) is 3.06. The number of nitrogens with zero attached hydrogens (tertiary/aromatic N) is 4. The van der Waals surface area contributed by atoms with Gasteiger partial charge in [0.1, 0.15) is 5.75 Å². The van der Waals surface area contributed by atoms with Crippen molar-refractivity contribution in [1.29, 1.82) is 0 Å². The van der Waals surface area contributed by atoms with Crippen molar-refractivity contribution in [3.63, 3.8) is 0 Å². The third-order valence-electron chi connectivity index (χ3n) is 7.69. The highest BCUT2D eigenvalue weighted by Gasteiger charge is 2.46. The van der Waals surface area contributed by atoms with Crippen LogP contribution in [0.3, 0.4) is 0 Å². The molecule has 7 nitrogen and oxygen atoms in total. The summed E-state index contributed by atoms with van der Waals surface area (Å²) in [4.78, 5) is 39.9. The van der Waals surface area contributed by atoms with E-state index >= 15 is 0 Å². The monoisotopic (exact) mass is 462 g/mol. The number of carbonyl (C=O) groups excluding carboxylic acids is 2. The molecule has 7 heteroatoms. The number of aromatic nitrogens is 2. The molecule has 180 valence electrons. The molecule has 5 rings (SSSR count). The van der Waals surface area contributed by atoms with Gasteiger partial charge in [-0.25, -0.2) is 4.98 Å². The molecule has 1 unspecified atom stereocenters. The van der Waals surface area contributed by atoms with Crippen molar-refractivity contribution in [2.45, 2.75) is 63.7 Å². The SMILES string of the molecule is O=C(CC1(C(=O)N2CCCC(c3cncc(Oc4ccccc4)n3)C2)CCCC1)N1CCCC1. The van der Waals surface area contributed by atoms with Crippen molar-refractivity contribution in [1.82, 2.24) is 19.8 Å². The Kier molecular flexibility index (Phi) is 6.79. The normalized spacial score (nSPS) is 22.1. The number of hydrogen-bond donors (Lipinski definition) is 0. The smallest absolute Gasteiger partial charge is 0.238 e. The predicted octanol–water partition coefficient (Wildman–Crippen LogP) is 4.55. The van der Waals surface area contributed by atoms with E-state index in [2.05, 4.69) is 4.98 Å². The molecule has 2 aromatic rings. The minimum absolute atomic E-state index is 0.122. The molecule has 1 saturated carbocycles. The van der Waals surface area contributed by atoms with E-state index in [1.54, 1.807) is 12.4 Å². The summed E-state index contributed by atoms with van der Waals surface area (Å²) >= 11 is 0. The standard InChI is InChI=1S/C27H34N4O3/c32-25(30-14-6-7-15-30)17-27(12-4-5-13-27)26(33)31-16-8-9-21(20-31)23-18-28-19-24(29-23)34-22-10-2-1-3-11-22/h1-3,10-11,18-19,21H,4-9,12-17,20H2. The maximum absolute atomic E-state index is 13.9. The first-order valence-electron chi connectivity index (χ1n) is 12.7. The highest BCUT2D eigenvalue weighted by molar-refractivity contribution is 5.89. The average Bonchev–Trinajstić information content (AvgIpc) is 3.58. The Balaban J connectivity index is 1.28. The second-order valence-corrected chi connectivity index (χ2v) is 10.0. The zero-order valence-corrected chi connectivity index (χ0v) is 19.8. The van der Waals surface area contributed by atoms with Gasteiger partial charge in [0.15, 0.2) is 0 Å². The number of piperidine rings is 1. The summed E-state index contributed by atoms with van der Waals surface area (Å²) in [6, 6.07) is 9.56. The van der Waals surface area contributed by atoms with Crippen LogP contribution < -0.4 is 4.74 Å². The molecule has 3 aliphatic rings. The lowest BCUT2D eigenvalue weighted by Gasteiger charge is -2.39. The molecule has 2 amide bonds. The zero-order valence-electron chi connectivity index (χ0n) is 19.8. The van der Waals surface area contributed by atoms with Crippen LogP contribution in [0, 0.1) is 5.41 Å². The molecule has 0 bridgehead atoms. The Morgan fingerprint density at radius 2 is 1.68 bits per heavy atom. The molecule has 34 heavy (non-hydrogen) atoms. The maximum atomic E-state index is 13.9. The second kappa shape index (κ2) is 10.1. The summed E-state index contributed by atoms with van der Waals surface area (Å²) in [6.07, 6.45) is 11.5. The molecule has 1 aliphatic carbocycles. The van der Waals surface area contributed by atoms with Gasteiger partial charge in [-0.3, -0.25) is 14.6 Å². The van der Waals surface area contributed by atoms with Gasteiger partial charge in [-0.2, -0.15) is 0 Å². The molecule has 1 aromatic carbocycles. The number of rotatable bonds is 6. The first-order valence-corrected chi connectivity index (χ1v) is 12.7. The van der Waals surface area contributed by atoms with E-state index in [0.29, 0.717) is 18.8 Å². The van der Waals surface area contributed by atoms with Gasteiger partial charge in [-0.1, -0.05) is 31.0 Å². The van der Waals surface area contributed by atoms with Crippen LogP contribution in [0.15, 0.2) is 42.7 Å². The Morgan fingerprint density at radius 3 is 2.44 bits per heavy atom. The van der Waals surface area contributed by atoms with Gasteiger partial charge >= 0.3 is 0 Å². The molecule has 2 saturated heterocycles. The molecule has 0 radical (unpaired) electrons. The number of hydrogen-bond acceptors (Lipinski definition) is 5. The van der Waals surface area contributed by atoms with Gasteiger partial charge in [0.05, 0.1) is 17.3 Å². The van der Waals surface area contributed by atoms with Gasteiger partial charge in [0.2, 0.25) is 17.7 Å². The summed E-state index contributed by atoms with van der Waals surface area (Å²) in [5, 5.41) is 0. The van der Waals surface area contributed by atoms with Crippen LogP contribution in [0.25, 0.3) is 0 Å². The lowest BCUT2D eigenvalue weighted by Crippen LogP contribution is -2.48. The zero-order chi connectivity index (χ0) is 23.4. The molecular weight excluding hydrogens is 428 g/mol. The maximum Gasteiger partial charge on any atom is 0.238 e. The van der Waals surface area contributed by atoms with Crippen LogP contribution in [0.5, 0.6) is 11.6 Å². The van der Waals surface area contributed by atoms with Crippen molar-refractivity contribution < 1.29 is 14.3 Å². The van der Waals surface area contributed by atoms with Crippen molar-refractivity contribution in [2.24, 2.45) is 5.41 Å². The van der Waals surface area contributed by atoms with Crippen LogP contribution in [0.2, 0.25) is 0 Å². The van der Waals surface area contributed by atoms with Crippen molar-refractivity contribution >= 4 is 11.8 Å². The number of ether oxygens (including phenoxy) is 1. The van der Waals surface area contributed by atoms with E-state index in [1.807, 2.05) is 40.1 Å².